The minimum Gasteiger partial charge on any atom is -0.481 e. The van der Waals surface area contributed by atoms with E-state index in [1.54, 1.807) is 12.3 Å². The first-order valence-electron chi connectivity index (χ1n) is 9.10. The number of aromatic nitrogens is 1. The van der Waals surface area contributed by atoms with Crippen LogP contribution in [0.2, 0.25) is 0 Å². The van der Waals surface area contributed by atoms with E-state index < -0.39 is 12.0 Å². The molecule has 2 rings (SSSR count). The highest BCUT2D eigenvalue weighted by Crippen LogP contribution is 2.24. The van der Waals surface area contributed by atoms with Gasteiger partial charge in [0.05, 0.1) is 6.42 Å². The Labute approximate surface area is 158 Å². The predicted molar refractivity (Wildman–Crippen MR) is 100 cm³/mol. The number of carboxylic acids is 1. The van der Waals surface area contributed by atoms with Crippen molar-refractivity contribution in [1.82, 2.24) is 15.2 Å². The number of rotatable bonds is 11. The maximum atomic E-state index is 12.5. The number of carboxylic acid groups (broad SMARTS) is 1. The summed E-state index contributed by atoms with van der Waals surface area (Å²) >= 11 is 0. The lowest BCUT2D eigenvalue weighted by Crippen LogP contribution is -2.43. The summed E-state index contributed by atoms with van der Waals surface area (Å²) < 4.78 is 0. The zero-order chi connectivity index (χ0) is 19.8. The fourth-order valence-corrected chi connectivity index (χ4v) is 2.77. The summed E-state index contributed by atoms with van der Waals surface area (Å²) in [7, 11) is 0. The number of aliphatic carboxylic acids is 1. The second kappa shape index (κ2) is 9.70. The summed E-state index contributed by atoms with van der Waals surface area (Å²) in [5.74, 6) is -0.961. The van der Waals surface area contributed by atoms with E-state index in [9.17, 15) is 14.4 Å². The number of aryl methyl sites for hydroxylation is 1. The Kier molecular flexibility index (Phi) is 7.34. The largest absolute Gasteiger partial charge is 0.481 e. The summed E-state index contributed by atoms with van der Waals surface area (Å²) in [6.45, 7) is 1.73. The molecule has 8 nitrogen and oxygen atoms in total. The van der Waals surface area contributed by atoms with E-state index in [2.05, 4.69) is 10.3 Å². The lowest BCUT2D eigenvalue weighted by molar-refractivity contribution is -0.138. The van der Waals surface area contributed by atoms with Gasteiger partial charge < -0.3 is 21.1 Å². The third-order valence-corrected chi connectivity index (χ3v) is 4.32. The number of pyridine rings is 1. The van der Waals surface area contributed by atoms with E-state index >= 15 is 0 Å². The SMILES string of the molecule is CC[C@@H](CC(=O)O)NC(=O)CN(C(=O)CCCc1ccnc(N)c1)C1=CC1. The summed E-state index contributed by atoms with van der Waals surface area (Å²) in [5.41, 5.74) is 7.51. The Bertz CT molecular complexity index is 732. The summed E-state index contributed by atoms with van der Waals surface area (Å²) in [6, 6.07) is 3.21. The second-order valence-corrected chi connectivity index (χ2v) is 6.59. The minimum absolute atomic E-state index is 0.0804. The third kappa shape index (κ3) is 7.08. The number of carbonyl (C=O) groups is 3. The first-order valence-corrected chi connectivity index (χ1v) is 9.10. The van der Waals surface area contributed by atoms with E-state index in [0.717, 1.165) is 11.3 Å². The Morgan fingerprint density at radius 3 is 2.74 bits per heavy atom. The predicted octanol–water partition coefficient (Wildman–Crippen LogP) is 1.47. The maximum Gasteiger partial charge on any atom is 0.305 e. The van der Waals surface area contributed by atoms with Gasteiger partial charge in [0.25, 0.3) is 0 Å². The van der Waals surface area contributed by atoms with Crippen LogP contribution >= 0.6 is 0 Å². The van der Waals surface area contributed by atoms with Crippen molar-refractivity contribution < 1.29 is 19.5 Å². The lowest BCUT2D eigenvalue weighted by atomic mass is 10.1. The molecule has 0 aliphatic heterocycles. The van der Waals surface area contributed by atoms with Gasteiger partial charge >= 0.3 is 5.97 Å². The zero-order valence-electron chi connectivity index (χ0n) is 15.5. The van der Waals surface area contributed by atoms with E-state index in [-0.39, 0.29) is 24.8 Å². The van der Waals surface area contributed by atoms with Gasteiger partial charge in [-0.3, -0.25) is 14.4 Å². The van der Waals surface area contributed by atoms with Gasteiger partial charge in [-0.05, 0) is 37.0 Å². The number of carbonyl (C=O) groups excluding carboxylic acids is 2. The number of hydrogen-bond donors (Lipinski definition) is 3. The van der Waals surface area contributed by atoms with Gasteiger partial charge in [0.15, 0.2) is 0 Å². The average molecular weight is 374 g/mol. The van der Waals surface area contributed by atoms with Crippen LogP contribution in [0.1, 0.15) is 44.6 Å². The number of allylic oxidation sites excluding steroid dienone is 2. The highest BCUT2D eigenvalue weighted by Gasteiger charge is 2.26. The van der Waals surface area contributed by atoms with Gasteiger partial charge in [0.1, 0.15) is 12.4 Å². The lowest BCUT2D eigenvalue weighted by Gasteiger charge is -2.22. The monoisotopic (exact) mass is 374 g/mol. The number of nitrogens with zero attached hydrogens (tertiary/aromatic N) is 2. The van der Waals surface area contributed by atoms with E-state index in [1.807, 2.05) is 19.1 Å². The fourth-order valence-electron chi connectivity index (χ4n) is 2.77. The summed E-state index contributed by atoms with van der Waals surface area (Å²) in [6.07, 6.45) is 6.28. The summed E-state index contributed by atoms with van der Waals surface area (Å²) in [4.78, 5) is 41.0. The van der Waals surface area contributed by atoms with Crippen molar-refractivity contribution in [1.29, 1.82) is 0 Å². The third-order valence-electron chi connectivity index (χ3n) is 4.32. The van der Waals surface area contributed by atoms with Crippen LogP contribution in [0.25, 0.3) is 0 Å². The van der Waals surface area contributed by atoms with Gasteiger partial charge in [-0.25, -0.2) is 4.98 Å². The molecule has 1 aromatic rings. The van der Waals surface area contributed by atoms with Gasteiger partial charge in [0, 0.05) is 30.8 Å². The van der Waals surface area contributed by atoms with Crippen molar-refractivity contribution in [3.05, 3.63) is 35.7 Å². The molecule has 0 unspecified atom stereocenters. The molecule has 0 fully saturated rings. The molecule has 2 amide bonds. The Morgan fingerprint density at radius 1 is 1.41 bits per heavy atom. The number of nitrogen functional groups attached to an aromatic ring is 1. The molecule has 1 aromatic heterocycles. The highest BCUT2D eigenvalue weighted by atomic mass is 16.4. The molecule has 4 N–H and O–H groups in total. The number of amides is 2. The Balaban J connectivity index is 1.83. The number of nitrogens with one attached hydrogen (secondary N) is 1. The van der Waals surface area contributed by atoms with E-state index in [4.69, 9.17) is 10.8 Å². The van der Waals surface area contributed by atoms with Crippen LogP contribution in [0.3, 0.4) is 0 Å². The molecule has 0 aromatic carbocycles. The molecule has 1 heterocycles. The smallest absolute Gasteiger partial charge is 0.305 e. The first-order chi connectivity index (χ1) is 12.9. The van der Waals surface area contributed by atoms with Crippen LogP contribution in [0, 0.1) is 0 Å². The molecular weight excluding hydrogens is 348 g/mol. The standard InChI is InChI=1S/C19H26N4O4/c1-2-14(11-19(26)27)22-17(24)12-23(15-6-7-15)18(25)5-3-4-13-8-9-21-16(20)10-13/h6,8-10,14H,2-5,7,11-12H2,1H3,(H2,20,21)(H,22,24)(H,26,27)/t14-/m0/s1. The van der Waals surface area contributed by atoms with Crippen LogP contribution in [-0.4, -0.2) is 45.4 Å². The van der Waals surface area contributed by atoms with Crippen molar-refractivity contribution in [2.24, 2.45) is 0 Å². The maximum absolute atomic E-state index is 12.5. The van der Waals surface area contributed by atoms with Crippen molar-refractivity contribution in [2.45, 2.75) is 51.5 Å². The van der Waals surface area contributed by atoms with Crippen LogP contribution in [-0.2, 0) is 20.8 Å². The van der Waals surface area contributed by atoms with E-state index in [0.29, 0.717) is 37.9 Å². The van der Waals surface area contributed by atoms with Crippen LogP contribution in [0.5, 0.6) is 0 Å². The van der Waals surface area contributed by atoms with Gasteiger partial charge in [-0.1, -0.05) is 13.0 Å². The normalized spacial score (nSPS) is 13.4. The van der Waals surface area contributed by atoms with Crippen molar-refractivity contribution >= 4 is 23.6 Å². The molecule has 0 saturated heterocycles. The molecule has 0 saturated carbocycles. The Hall–Kier alpha value is -2.90. The van der Waals surface area contributed by atoms with Crippen molar-refractivity contribution in [3.63, 3.8) is 0 Å². The van der Waals surface area contributed by atoms with Gasteiger partial charge in [-0.15, -0.1) is 0 Å². The zero-order valence-corrected chi connectivity index (χ0v) is 15.5. The quantitative estimate of drug-likeness (QED) is 0.538. The molecule has 27 heavy (non-hydrogen) atoms. The summed E-state index contributed by atoms with van der Waals surface area (Å²) in [5, 5.41) is 11.6. The molecule has 1 atom stereocenters. The van der Waals surface area contributed by atoms with Crippen molar-refractivity contribution in [3.8, 4) is 0 Å². The van der Waals surface area contributed by atoms with Gasteiger partial charge in [-0.2, -0.15) is 0 Å². The second-order valence-electron chi connectivity index (χ2n) is 6.59. The molecule has 146 valence electrons. The van der Waals surface area contributed by atoms with Gasteiger partial charge in [0.2, 0.25) is 11.8 Å². The first kappa shape index (κ1) is 20.4. The molecule has 0 radical (unpaired) electrons. The molecule has 8 heteroatoms. The average Bonchev–Trinajstić information content (AvgIpc) is 3.43. The number of nitrogens with two attached hydrogens (primary N) is 1. The van der Waals surface area contributed by atoms with E-state index in [1.165, 1.54) is 4.90 Å². The Morgan fingerprint density at radius 2 is 2.15 bits per heavy atom. The molecule has 1 aliphatic carbocycles. The molecule has 0 bridgehead atoms. The minimum atomic E-state index is -0.961. The number of hydrogen-bond acceptors (Lipinski definition) is 5. The molecular formula is C19H26N4O4. The van der Waals surface area contributed by atoms with Crippen molar-refractivity contribution in [2.75, 3.05) is 12.3 Å². The van der Waals surface area contributed by atoms with Crippen LogP contribution in [0.4, 0.5) is 5.82 Å². The fraction of sp³-hybridized carbons (Fsp3) is 0.474. The van der Waals surface area contributed by atoms with Crippen LogP contribution < -0.4 is 11.1 Å². The highest BCUT2D eigenvalue weighted by molar-refractivity contribution is 5.87. The number of anilines is 1. The molecule has 1 aliphatic rings. The topological polar surface area (TPSA) is 126 Å². The van der Waals surface area contributed by atoms with Crippen LogP contribution in [0.15, 0.2) is 30.1 Å². The molecule has 0 spiro atoms.